The lowest BCUT2D eigenvalue weighted by atomic mass is 10.4. The first kappa shape index (κ1) is 14.1. The second-order valence-electron chi connectivity index (χ2n) is 4.52. The summed E-state index contributed by atoms with van der Waals surface area (Å²) in [6.45, 7) is 3.10. The Labute approximate surface area is 117 Å². The molecule has 19 heavy (non-hydrogen) atoms. The van der Waals surface area contributed by atoms with E-state index in [0.29, 0.717) is 11.3 Å². The van der Waals surface area contributed by atoms with E-state index in [0.717, 1.165) is 31.7 Å². The summed E-state index contributed by atoms with van der Waals surface area (Å²) in [6, 6.07) is 0. The van der Waals surface area contributed by atoms with Crippen molar-refractivity contribution in [3.05, 3.63) is 12.7 Å². The van der Waals surface area contributed by atoms with Crippen molar-refractivity contribution in [1.29, 1.82) is 0 Å². The monoisotopic (exact) mass is 280 g/mol. The number of aryl methyl sites for hydroxylation is 1. The maximum Gasteiger partial charge on any atom is 0.165 e. The van der Waals surface area contributed by atoms with Gasteiger partial charge in [-0.3, -0.25) is 0 Å². The maximum absolute atomic E-state index is 5.76. The van der Waals surface area contributed by atoms with Crippen molar-refractivity contribution in [2.24, 2.45) is 0 Å². The minimum absolute atomic E-state index is 0.445. The Morgan fingerprint density at radius 2 is 2.16 bits per heavy atom. The van der Waals surface area contributed by atoms with Crippen LogP contribution in [0.5, 0.6) is 0 Å². The highest BCUT2D eigenvalue weighted by molar-refractivity contribution is 7.98. The van der Waals surface area contributed by atoms with Gasteiger partial charge < -0.3 is 15.2 Å². The van der Waals surface area contributed by atoms with Gasteiger partial charge in [0.15, 0.2) is 11.5 Å². The van der Waals surface area contributed by atoms with Crippen molar-refractivity contribution in [2.45, 2.75) is 13.0 Å². The van der Waals surface area contributed by atoms with E-state index >= 15 is 0 Å². The Hall–Kier alpha value is -1.34. The number of thioether (sulfide) groups is 1. The minimum atomic E-state index is 0.445. The van der Waals surface area contributed by atoms with Gasteiger partial charge in [0.2, 0.25) is 0 Å². The molecule has 6 nitrogen and oxygen atoms in total. The van der Waals surface area contributed by atoms with Gasteiger partial charge in [0.1, 0.15) is 11.8 Å². The van der Waals surface area contributed by atoms with E-state index in [9.17, 15) is 0 Å². The first-order chi connectivity index (χ1) is 9.22. The molecule has 0 aliphatic carbocycles. The number of nitrogen functional groups attached to an aromatic ring is 1. The first-order valence-corrected chi connectivity index (χ1v) is 7.70. The molecule has 104 valence electrons. The summed E-state index contributed by atoms with van der Waals surface area (Å²) in [6.07, 6.45) is 6.48. The van der Waals surface area contributed by atoms with Gasteiger partial charge in [-0.25, -0.2) is 15.0 Å². The molecule has 0 atom stereocenters. The third-order valence-electron chi connectivity index (χ3n) is 3.05. The van der Waals surface area contributed by atoms with Crippen LogP contribution in [-0.4, -0.2) is 56.6 Å². The van der Waals surface area contributed by atoms with Crippen molar-refractivity contribution in [3.8, 4) is 0 Å². The molecule has 0 radical (unpaired) electrons. The number of hydrogen-bond donors (Lipinski definition) is 1. The van der Waals surface area contributed by atoms with Crippen molar-refractivity contribution < 1.29 is 0 Å². The summed E-state index contributed by atoms with van der Waals surface area (Å²) >= 11 is 1.88. The Bertz CT molecular complexity index is 526. The molecule has 0 aromatic carbocycles. The molecular weight excluding hydrogens is 260 g/mol. The molecule has 0 saturated heterocycles. The highest BCUT2D eigenvalue weighted by Crippen LogP contribution is 2.14. The van der Waals surface area contributed by atoms with Gasteiger partial charge in [-0.15, -0.1) is 0 Å². The molecule has 0 unspecified atom stereocenters. The Balaban J connectivity index is 1.90. The number of nitrogens with two attached hydrogens (primary N) is 1. The average molecular weight is 280 g/mol. The third kappa shape index (κ3) is 3.57. The maximum atomic E-state index is 5.76. The lowest BCUT2D eigenvalue weighted by Gasteiger charge is -2.15. The van der Waals surface area contributed by atoms with Gasteiger partial charge >= 0.3 is 0 Å². The Morgan fingerprint density at radius 3 is 2.95 bits per heavy atom. The summed E-state index contributed by atoms with van der Waals surface area (Å²) in [4.78, 5) is 14.8. The van der Waals surface area contributed by atoms with E-state index in [2.05, 4.69) is 33.2 Å². The first-order valence-electron chi connectivity index (χ1n) is 6.31. The molecule has 0 spiro atoms. The topological polar surface area (TPSA) is 72.9 Å². The van der Waals surface area contributed by atoms with Crippen molar-refractivity contribution >= 4 is 28.7 Å². The van der Waals surface area contributed by atoms with E-state index in [1.807, 2.05) is 16.3 Å². The van der Waals surface area contributed by atoms with E-state index in [1.165, 1.54) is 12.1 Å². The number of fused-ring (bicyclic) bond motifs is 1. The zero-order chi connectivity index (χ0) is 13.7. The molecule has 0 saturated carbocycles. The number of rotatable bonds is 7. The van der Waals surface area contributed by atoms with Crippen LogP contribution in [0.1, 0.15) is 6.42 Å². The second kappa shape index (κ2) is 6.72. The number of imidazole rings is 1. The van der Waals surface area contributed by atoms with E-state index in [1.54, 1.807) is 6.33 Å². The van der Waals surface area contributed by atoms with Gasteiger partial charge in [0.25, 0.3) is 0 Å². The van der Waals surface area contributed by atoms with Crippen molar-refractivity contribution in [1.82, 2.24) is 24.4 Å². The zero-order valence-electron chi connectivity index (χ0n) is 11.4. The summed E-state index contributed by atoms with van der Waals surface area (Å²) in [5.74, 6) is 1.62. The van der Waals surface area contributed by atoms with Crippen LogP contribution < -0.4 is 5.73 Å². The van der Waals surface area contributed by atoms with E-state index < -0.39 is 0 Å². The molecule has 2 heterocycles. The smallest absolute Gasteiger partial charge is 0.165 e. The molecule has 2 aromatic heterocycles. The molecule has 0 bridgehead atoms. The number of aromatic nitrogens is 4. The predicted octanol–water partition coefficient (Wildman–Crippen LogP) is 1.09. The number of nitrogens with zero attached hydrogens (tertiary/aromatic N) is 5. The molecule has 2 rings (SSSR count). The van der Waals surface area contributed by atoms with Crippen LogP contribution in [0.3, 0.4) is 0 Å². The highest BCUT2D eigenvalue weighted by atomic mass is 32.2. The van der Waals surface area contributed by atoms with Crippen LogP contribution in [0.25, 0.3) is 11.2 Å². The normalized spacial score (nSPS) is 11.5. The number of hydrogen-bond acceptors (Lipinski definition) is 6. The summed E-state index contributed by atoms with van der Waals surface area (Å²) in [5.41, 5.74) is 7.28. The van der Waals surface area contributed by atoms with Gasteiger partial charge in [-0.05, 0) is 26.3 Å². The average Bonchev–Trinajstić information content (AvgIpc) is 2.81. The summed E-state index contributed by atoms with van der Waals surface area (Å²) in [5, 5.41) is 0. The van der Waals surface area contributed by atoms with Gasteiger partial charge in [0.05, 0.1) is 6.33 Å². The lowest BCUT2D eigenvalue weighted by Crippen LogP contribution is -2.23. The van der Waals surface area contributed by atoms with E-state index in [4.69, 9.17) is 5.73 Å². The van der Waals surface area contributed by atoms with Crippen LogP contribution in [0.15, 0.2) is 12.7 Å². The van der Waals surface area contributed by atoms with E-state index in [-0.39, 0.29) is 0 Å². The van der Waals surface area contributed by atoms with Gasteiger partial charge in [-0.1, -0.05) is 0 Å². The summed E-state index contributed by atoms with van der Waals surface area (Å²) in [7, 11) is 2.16. The molecule has 0 aliphatic heterocycles. The highest BCUT2D eigenvalue weighted by Gasteiger charge is 2.07. The van der Waals surface area contributed by atoms with Crippen molar-refractivity contribution in [3.63, 3.8) is 0 Å². The van der Waals surface area contributed by atoms with Crippen molar-refractivity contribution in [2.75, 3.05) is 37.9 Å². The Morgan fingerprint density at radius 1 is 1.32 bits per heavy atom. The molecule has 2 aromatic rings. The molecule has 2 N–H and O–H groups in total. The standard InChI is InChI=1S/C12H20N6S/c1-17(6-7-19-2)4-3-5-18-9-16-10-11(13)14-8-15-12(10)18/h8-9H,3-7H2,1-2H3,(H2,13,14,15). The number of anilines is 1. The Kier molecular flexibility index (Phi) is 4.98. The summed E-state index contributed by atoms with van der Waals surface area (Å²) < 4.78 is 2.04. The van der Waals surface area contributed by atoms with Crippen LogP contribution in [-0.2, 0) is 6.54 Å². The third-order valence-corrected chi connectivity index (χ3v) is 3.64. The molecular formula is C12H20N6S. The van der Waals surface area contributed by atoms with Crippen LogP contribution in [0.4, 0.5) is 5.82 Å². The van der Waals surface area contributed by atoms with Crippen LogP contribution >= 0.6 is 11.8 Å². The quantitative estimate of drug-likeness (QED) is 0.818. The fraction of sp³-hybridized carbons (Fsp3) is 0.583. The zero-order valence-corrected chi connectivity index (χ0v) is 12.2. The van der Waals surface area contributed by atoms with Gasteiger partial charge in [-0.2, -0.15) is 11.8 Å². The SMILES string of the molecule is CSCCN(C)CCCn1cnc2c(N)ncnc21. The lowest BCUT2D eigenvalue weighted by molar-refractivity contribution is 0.341. The fourth-order valence-electron chi connectivity index (χ4n) is 1.93. The predicted molar refractivity (Wildman–Crippen MR) is 80.2 cm³/mol. The minimum Gasteiger partial charge on any atom is -0.382 e. The van der Waals surface area contributed by atoms with Gasteiger partial charge in [0, 0.05) is 18.8 Å². The fourth-order valence-corrected chi connectivity index (χ4v) is 2.43. The largest absolute Gasteiger partial charge is 0.382 e. The van der Waals surface area contributed by atoms with Crippen LogP contribution in [0.2, 0.25) is 0 Å². The second-order valence-corrected chi connectivity index (χ2v) is 5.50. The molecule has 0 amide bonds. The molecule has 0 aliphatic rings. The molecule has 7 heteroatoms. The molecule has 0 fully saturated rings. The van der Waals surface area contributed by atoms with Crippen LogP contribution in [0, 0.1) is 0 Å².